The minimum Gasteiger partial charge on any atom is -0.507 e. The monoisotopic (exact) mass is 647 g/mol. The summed E-state index contributed by atoms with van der Waals surface area (Å²) in [5, 5.41) is 27.5. The topological polar surface area (TPSA) is 155 Å². The number of fused-ring (bicyclic) bond motifs is 1. The number of nitrogens with two attached hydrogens (primary N) is 1. The summed E-state index contributed by atoms with van der Waals surface area (Å²) < 4.78 is 18.0. The molecule has 1 aromatic carbocycles. The minimum atomic E-state index is -0.477. The van der Waals surface area contributed by atoms with E-state index in [9.17, 15) is 9.90 Å². The number of hydrogen-bond donors (Lipinski definition) is 2. The summed E-state index contributed by atoms with van der Waals surface area (Å²) in [6.45, 7) is 7.70. The maximum Gasteiger partial charge on any atom is 0.316 e. The van der Waals surface area contributed by atoms with Gasteiger partial charge in [-0.05, 0) is 61.5 Å². The van der Waals surface area contributed by atoms with Gasteiger partial charge in [0.25, 0.3) is 5.88 Å². The van der Waals surface area contributed by atoms with Crippen molar-refractivity contribution in [3.8, 4) is 22.9 Å². The summed E-state index contributed by atoms with van der Waals surface area (Å²) in [6.07, 6.45) is 11.6. The molecule has 5 rings (SSSR count). The highest BCUT2D eigenvalue weighted by Crippen LogP contribution is 2.33. The van der Waals surface area contributed by atoms with Crippen molar-refractivity contribution in [2.45, 2.75) is 90.0 Å². The van der Waals surface area contributed by atoms with Crippen molar-refractivity contribution >= 4 is 22.8 Å². The molecule has 4 aromatic rings. The quantitative estimate of drug-likeness (QED) is 0.0951. The van der Waals surface area contributed by atoms with Gasteiger partial charge in [-0.15, -0.1) is 10.2 Å². The second kappa shape index (κ2) is 16.6. The summed E-state index contributed by atoms with van der Waals surface area (Å²) in [5.74, 6) is 0.715. The Balaban J connectivity index is 0.933. The molecule has 47 heavy (non-hydrogen) atoms. The Bertz CT molecular complexity index is 1580. The number of carbonyl (C=O) groups is 1. The van der Waals surface area contributed by atoms with Crippen LogP contribution in [0.25, 0.3) is 22.3 Å². The number of phenolic OH excluding ortho intramolecular Hbond substituents is 1. The van der Waals surface area contributed by atoms with Crippen molar-refractivity contribution in [1.29, 1.82) is 0 Å². The molecule has 1 unspecified atom stereocenters. The summed E-state index contributed by atoms with van der Waals surface area (Å²) in [6, 6.07) is 11.0. The number of nitrogens with zero attached hydrogens (tertiary/aromatic N) is 6. The second-order valence-corrected chi connectivity index (χ2v) is 12.9. The molecule has 3 N–H and O–H groups in total. The van der Waals surface area contributed by atoms with E-state index in [4.69, 9.17) is 19.7 Å². The van der Waals surface area contributed by atoms with E-state index in [0.29, 0.717) is 40.8 Å². The van der Waals surface area contributed by atoms with Gasteiger partial charge < -0.3 is 29.7 Å². The molecule has 1 fully saturated rings. The maximum atomic E-state index is 12.0. The van der Waals surface area contributed by atoms with Crippen molar-refractivity contribution in [3.05, 3.63) is 42.2 Å². The third-order valence-corrected chi connectivity index (χ3v) is 9.12. The van der Waals surface area contributed by atoms with E-state index >= 15 is 0 Å². The van der Waals surface area contributed by atoms with Gasteiger partial charge in [-0.2, -0.15) is 5.10 Å². The van der Waals surface area contributed by atoms with E-state index < -0.39 is 5.92 Å². The lowest BCUT2D eigenvalue weighted by Crippen LogP contribution is -2.35. The highest BCUT2D eigenvalue weighted by Gasteiger charge is 2.29. The van der Waals surface area contributed by atoms with Gasteiger partial charge in [0.1, 0.15) is 11.7 Å². The molecule has 0 amide bonds. The summed E-state index contributed by atoms with van der Waals surface area (Å²) in [5.41, 5.74) is 8.94. The van der Waals surface area contributed by atoms with E-state index in [1.807, 2.05) is 36.7 Å². The summed E-state index contributed by atoms with van der Waals surface area (Å²) in [7, 11) is 1.38. The number of benzene rings is 1. The van der Waals surface area contributed by atoms with Gasteiger partial charge in [0, 0.05) is 24.7 Å². The minimum absolute atomic E-state index is 0.0426. The maximum absolute atomic E-state index is 12.0. The van der Waals surface area contributed by atoms with Crippen LogP contribution in [0.4, 0.5) is 5.82 Å². The first-order valence-corrected chi connectivity index (χ1v) is 17.0. The number of methoxy groups -OCH3 is 1. The number of likely N-dealkylation sites (tertiary alicyclic amines) is 1. The zero-order valence-electron chi connectivity index (χ0n) is 27.9. The van der Waals surface area contributed by atoms with Crippen LogP contribution in [0.2, 0.25) is 0 Å². The molecule has 254 valence electrons. The molecule has 12 heteroatoms. The third kappa shape index (κ3) is 8.79. The zero-order chi connectivity index (χ0) is 33.2. The number of aromatic nitrogens is 5. The molecule has 4 heterocycles. The van der Waals surface area contributed by atoms with Crippen LogP contribution in [-0.2, 0) is 9.53 Å². The van der Waals surface area contributed by atoms with Crippen LogP contribution in [0, 0.1) is 5.92 Å². The lowest BCUT2D eigenvalue weighted by Gasteiger charge is -2.32. The van der Waals surface area contributed by atoms with E-state index in [0.717, 1.165) is 50.8 Å². The normalized spacial score (nSPS) is 15.0. The lowest BCUT2D eigenvalue weighted by atomic mass is 9.93. The standard InChI is InChI=1S/C35H49N7O5/c1-24(2)32(35(44)45-3)30-23-31(40-47-30)46-21-13-9-7-5-4-6-8-12-18-41-19-16-25(17-20-41)42-28-22-27(26-14-10-11-15-29(26)43)37-38-33(28)34(36)39-42/h10-11,14-15,22-25,32,43H,4-9,12-13,16-21H2,1-3H3,(H2,36,39). The third-order valence-electron chi connectivity index (χ3n) is 9.12. The van der Waals surface area contributed by atoms with Crippen LogP contribution < -0.4 is 10.5 Å². The largest absolute Gasteiger partial charge is 0.507 e. The molecule has 12 nitrogen and oxygen atoms in total. The first-order chi connectivity index (χ1) is 22.9. The highest BCUT2D eigenvalue weighted by molar-refractivity contribution is 5.87. The molecule has 0 radical (unpaired) electrons. The number of ether oxygens (including phenoxy) is 2. The number of para-hydroxylation sites is 1. The number of hydrogen-bond acceptors (Lipinski definition) is 11. The van der Waals surface area contributed by atoms with Crippen LogP contribution in [-0.4, -0.2) is 74.5 Å². The molecule has 1 aliphatic heterocycles. The fourth-order valence-corrected chi connectivity index (χ4v) is 6.45. The zero-order valence-corrected chi connectivity index (χ0v) is 27.9. The van der Waals surface area contributed by atoms with Crippen molar-refractivity contribution in [3.63, 3.8) is 0 Å². The van der Waals surface area contributed by atoms with Gasteiger partial charge >= 0.3 is 5.97 Å². The van der Waals surface area contributed by atoms with Crippen molar-refractivity contribution in [2.75, 3.05) is 39.1 Å². The van der Waals surface area contributed by atoms with Crippen LogP contribution in [0.15, 0.2) is 40.9 Å². The number of carbonyl (C=O) groups excluding carboxylic acids is 1. The first-order valence-electron chi connectivity index (χ1n) is 17.0. The van der Waals surface area contributed by atoms with Gasteiger partial charge in [-0.3, -0.25) is 9.48 Å². The van der Waals surface area contributed by atoms with Crippen LogP contribution in [0.5, 0.6) is 11.6 Å². The fraction of sp³-hybridized carbons (Fsp3) is 0.571. The number of anilines is 1. The van der Waals surface area contributed by atoms with Crippen LogP contribution in [0.3, 0.4) is 0 Å². The Labute approximate surface area is 276 Å². The Morgan fingerprint density at radius 3 is 2.43 bits per heavy atom. The average molecular weight is 648 g/mol. The van der Waals surface area contributed by atoms with E-state index in [1.54, 1.807) is 18.2 Å². The van der Waals surface area contributed by atoms with Gasteiger partial charge in [0.05, 0.1) is 31.0 Å². The average Bonchev–Trinajstić information content (AvgIpc) is 3.67. The Kier molecular flexibility index (Phi) is 12.0. The van der Waals surface area contributed by atoms with Gasteiger partial charge in [-0.25, -0.2) is 0 Å². The molecule has 1 atom stereocenters. The highest BCUT2D eigenvalue weighted by atomic mass is 16.5. The van der Waals surface area contributed by atoms with Crippen molar-refractivity contribution in [2.24, 2.45) is 5.92 Å². The predicted molar refractivity (Wildman–Crippen MR) is 180 cm³/mol. The SMILES string of the molecule is COC(=O)C(c1cc(OCCCCCCCCCCN2CCC(n3nc(N)c4nnc(-c5ccccc5O)cc43)CC2)no1)C(C)C. The Morgan fingerprint density at radius 1 is 1.02 bits per heavy atom. The predicted octanol–water partition coefficient (Wildman–Crippen LogP) is 6.52. The first kappa shape index (κ1) is 34.2. The second-order valence-electron chi connectivity index (χ2n) is 12.9. The summed E-state index contributed by atoms with van der Waals surface area (Å²) in [4.78, 5) is 14.6. The fourth-order valence-electron chi connectivity index (χ4n) is 6.45. The molecule has 1 saturated heterocycles. The Morgan fingerprint density at radius 2 is 1.72 bits per heavy atom. The molecule has 0 bridgehead atoms. The van der Waals surface area contributed by atoms with Gasteiger partial charge in [0.2, 0.25) is 0 Å². The number of unbranched alkanes of at least 4 members (excludes halogenated alkanes) is 7. The van der Waals surface area contributed by atoms with E-state index in [1.165, 1.54) is 45.6 Å². The number of aromatic hydroxyl groups is 1. The molecule has 0 saturated carbocycles. The van der Waals surface area contributed by atoms with Gasteiger partial charge in [0.15, 0.2) is 17.1 Å². The summed E-state index contributed by atoms with van der Waals surface area (Å²) >= 11 is 0. The van der Waals surface area contributed by atoms with Crippen molar-refractivity contribution in [1.82, 2.24) is 30.0 Å². The molecule has 3 aromatic heterocycles. The van der Waals surface area contributed by atoms with Crippen LogP contribution >= 0.6 is 0 Å². The number of phenols is 1. The molecular formula is C35H49N7O5. The van der Waals surface area contributed by atoms with Crippen molar-refractivity contribution < 1.29 is 23.9 Å². The smallest absolute Gasteiger partial charge is 0.316 e. The molecular weight excluding hydrogens is 598 g/mol. The number of esters is 1. The van der Waals surface area contributed by atoms with E-state index in [2.05, 4.69) is 25.4 Å². The molecule has 1 aliphatic rings. The van der Waals surface area contributed by atoms with Crippen LogP contribution in [0.1, 0.15) is 95.8 Å². The lowest BCUT2D eigenvalue weighted by molar-refractivity contribution is -0.144. The van der Waals surface area contributed by atoms with Gasteiger partial charge in [-0.1, -0.05) is 64.5 Å². The Hall–Kier alpha value is -4.19. The number of nitrogen functional groups attached to an aromatic ring is 1. The molecule has 0 aliphatic carbocycles. The number of piperidine rings is 1. The number of rotatable bonds is 17. The molecule has 0 spiro atoms. The van der Waals surface area contributed by atoms with E-state index in [-0.39, 0.29) is 23.7 Å².